The molecule has 3 nitrogen and oxygen atoms in total. The predicted molar refractivity (Wildman–Crippen MR) is 235 cm³/mol. The Labute approximate surface area is 331 Å². The van der Waals surface area contributed by atoms with E-state index in [4.69, 9.17) is 9.97 Å². The summed E-state index contributed by atoms with van der Waals surface area (Å²) in [6, 6.07) is 68.2. The molecule has 0 saturated carbocycles. The molecular formula is C54H35N3. The lowest BCUT2D eigenvalue weighted by Gasteiger charge is -2.13. The van der Waals surface area contributed by atoms with Gasteiger partial charge >= 0.3 is 0 Å². The summed E-state index contributed by atoms with van der Waals surface area (Å²) in [5.41, 5.74) is 21.8. The zero-order valence-electron chi connectivity index (χ0n) is 31.2. The summed E-state index contributed by atoms with van der Waals surface area (Å²) in [7, 11) is 0. The van der Waals surface area contributed by atoms with Crippen molar-refractivity contribution >= 4 is 21.8 Å². The fourth-order valence-electron chi connectivity index (χ4n) is 9.38. The van der Waals surface area contributed by atoms with E-state index >= 15 is 0 Å². The molecule has 2 aliphatic rings. The van der Waals surface area contributed by atoms with Crippen LogP contribution in [0.1, 0.15) is 22.3 Å². The second-order valence-electron chi connectivity index (χ2n) is 15.3. The van der Waals surface area contributed by atoms with Crippen molar-refractivity contribution in [2.45, 2.75) is 12.8 Å². The molecule has 12 rings (SSSR count). The third-order valence-electron chi connectivity index (χ3n) is 12.1. The van der Waals surface area contributed by atoms with Gasteiger partial charge in [-0.15, -0.1) is 0 Å². The fraction of sp³-hybridized carbons (Fsp3) is 0.0370. The number of hydrogen-bond acceptors (Lipinski definition) is 2. The highest BCUT2D eigenvalue weighted by Gasteiger charge is 2.26. The van der Waals surface area contributed by atoms with E-state index in [0.717, 1.165) is 46.7 Å². The van der Waals surface area contributed by atoms with Gasteiger partial charge < -0.3 is 4.57 Å². The molecule has 0 fully saturated rings. The van der Waals surface area contributed by atoms with Gasteiger partial charge in [-0.25, -0.2) is 9.97 Å². The molecule has 0 radical (unpaired) electrons. The molecule has 0 unspecified atom stereocenters. The van der Waals surface area contributed by atoms with Gasteiger partial charge in [0.2, 0.25) is 0 Å². The van der Waals surface area contributed by atoms with Crippen molar-refractivity contribution in [1.29, 1.82) is 0 Å². The van der Waals surface area contributed by atoms with Crippen LogP contribution in [-0.4, -0.2) is 14.5 Å². The Morgan fingerprint density at radius 2 is 0.947 bits per heavy atom. The largest absolute Gasteiger partial charge is 0.309 e. The number of nitrogens with zero attached hydrogens (tertiary/aromatic N) is 3. The number of hydrogen-bond donors (Lipinski definition) is 0. The Kier molecular flexibility index (Phi) is 7.05. The molecule has 0 amide bonds. The number of aromatic nitrogens is 3. The maximum atomic E-state index is 5.23. The van der Waals surface area contributed by atoms with Gasteiger partial charge in [0.1, 0.15) is 0 Å². The molecule has 57 heavy (non-hydrogen) atoms. The van der Waals surface area contributed by atoms with E-state index in [-0.39, 0.29) is 0 Å². The van der Waals surface area contributed by atoms with E-state index in [0.29, 0.717) is 0 Å². The van der Waals surface area contributed by atoms with Crippen molar-refractivity contribution in [3.8, 4) is 73.0 Å². The molecule has 0 atom stereocenters. The molecule has 2 aromatic heterocycles. The lowest BCUT2D eigenvalue weighted by atomic mass is 9.94. The van der Waals surface area contributed by atoms with Crippen LogP contribution in [0.25, 0.3) is 94.8 Å². The summed E-state index contributed by atoms with van der Waals surface area (Å²) in [5.74, 6) is 0.751. The molecule has 0 bridgehead atoms. The summed E-state index contributed by atoms with van der Waals surface area (Å²) in [6.07, 6.45) is 1.83. The van der Waals surface area contributed by atoms with E-state index in [1.807, 2.05) is 12.1 Å². The second-order valence-corrected chi connectivity index (χ2v) is 15.3. The highest BCUT2D eigenvalue weighted by molar-refractivity contribution is 6.09. The average molecular weight is 726 g/mol. The molecule has 0 saturated heterocycles. The molecule has 266 valence electrons. The third kappa shape index (κ3) is 5.13. The Bertz CT molecular complexity index is 3120. The summed E-state index contributed by atoms with van der Waals surface area (Å²) < 4.78 is 2.42. The van der Waals surface area contributed by atoms with Crippen LogP contribution in [0.15, 0.2) is 188 Å². The number of fused-ring (bicyclic) bond motifs is 9. The highest BCUT2D eigenvalue weighted by atomic mass is 15.0. The lowest BCUT2D eigenvalue weighted by molar-refractivity contribution is 1.17. The molecular weight excluding hydrogens is 691 g/mol. The topological polar surface area (TPSA) is 30.7 Å². The van der Waals surface area contributed by atoms with E-state index in [1.54, 1.807) is 0 Å². The van der Waals surface area contributed by atoms with E-state index < -0.39 is 0 Å². The Hall–Kier alpha value is -7.36. The molecule has 0 aliphatic heterocycles. The van der Waals surface area contributed by atoms with E-state index in [2.05, 4.69) is 180 Å². The quantitative estimate of drug-likeness (QED) is 0.177. The first-order valence-corrected chi connectivity index (χ1v) is 19.7. The van der Waals surface area contributed by atoms with Crippen LogP contribution in [0.3, 0.4) is 0 Å². The van der Waals surface area contributed by atoms with Crippen LogP contribution in [0, 0.1) is 0 Å². The Balaban J connectivity index is 0.934. The first-order valence-electron chi connectivity index (χ1n) is 19.7. The minimum atomic E-state index is 0.751. The standard InChI is InChI=1S/C54H35N3/c1-3-12-34(13-4-1)49-33-50(35-14-5-2-6-15-35)56-54(55-49)46-19-11-16-40-29-39-23-22-37(31-48(39)53(40)46)36-25-27-43-41(28-36)30-38-24-26-42(32-47(38)43)57-51-20-9-7-17-44(51)45-18-8-10-21-52(45)57/h1-28,31-33H,29-30H2. The maximum Gasteiger partial charge on any atom is 0.161 e. The van der Waals surface area contributed by atoms with Gasteiger partial charge in [-0.2, -0.15) is 0 Å². The number of rotatable bonds is 5. The third-order valence-corrected chi connectivity index (χ3v) is 12.1. The number of para-hydroxylation sites is 2. The summed E-state index contributed by atoms with van der Waals surface area (Å²) >= 11 is 0. The average Bonchev–Trinajstić information content (AvgIpc) is 3.95. The van der Waals surface area contributed by atoms with Crippen LogP contribution >= 0.6 is 0 Å². The Morgan fingerprint density at radius 1 is 0.351 bits per heavy atom. The summed E-state index contributed by atoms with van der Waals surface area (Å²) in [6.45, 7) is 0. The monoisotopic (exact) mass is 725 g/mol. The van der Waals surface area contributed by atoms with Crippen molar-refractivity contribution in [1.82, 2.24) is 14.5 Å². The molecule has 3 heteroatoms. The molecule has 0 spiro atoms. The number of benzene rings is 8. The molecule has 2 aliphatic carbocycles. The lowest BCUT2D eigenvalue weighted by Crippen LogP contribution is -1.97. The van der Waals surface area contributed by atoms with Crippen LogP contribution in [0.4, 0.5) is 0 Å². The smallest absolute Gasteiger partial charge is 0.161 e. The minimum Gasteiger partial charge on any atom is -0.309 e. The molecule has 8 aromatic carbocycles. The van der Waals surface area contributed by atoms with Crippen LogP contribution in [-0.2, 0) is 12.8 Å². The van der Waals surface area contributed by atoms with Crippen LogP contribution in [0.5, 0.6) is 0 Å². The second kappa shape index (κ2) is 12.6. The molecule has 10 aromatic rings. The molecule has 0 N–H and O–H groups in total. The van der Waals surface area contributed by atoms with E-state index in [9.17, 15) is 0 Å². The van der Waals surface area contributed by atoms with Gasteiger partial charge in [0.15, 0.2) is 5.82 Å². The van der Waals surface area contributed by atoms with E-state index in [1.165, 1.54) is 83.1 Å². The van der Waals surface area contributed by atoms with Crippen LogP contribution in [0.2, 0.25) is 0 Å². The van der Waals surface area contributed by atoms with Gasteiger partial charge in [0, 0.05) is 33.2 Å². The maximum absolute atomic E-state index is 5.23. The van der Waals surface area contributed by atoms with Crippen molar-refractivity contribution in [3.63, 3.8) is 0 Å². The highest BCUT2D eigenvalue weighted by Crippen LogP contribution is 2.46. The molecule has 2 heterocycles. The van der Waals surface area contributed by atoms with Gasteiger partial charge in [-0.1, -0.05) is 152 Å². The summed E-state index contributed by atoms with van der Waals surface area (Å²) in [4.78, 5) is 10.5. The first kappa shape index (κ1) is 31.9. The van der Waals surface area contributed by atoms with Gasteiger partial charge in [-0.3, -0.25) is 0 Å². The first-order chi connectivity index (χ1) is 28.2. The van der Waals surface area contributed by atoms with Gasteiger partial charge in [0.25, 0.3) is 0 Å². The van der Waals surface area contributed by atoms with Gasteiger partial charge in [0.05, 0.1) is 22.4 Å². The van der Waals surface area contributed by atoms with Gasteiger partial charge in [-0.05, 0) is 105 Å². The minimum absolute atomic E-state index is 0.751. The SMILES string of the molecule is c1ccc(-c2cc(-c3ccccc3)nc(-c3cccc4c3-c3cc(-c5ccc6c(c5)Cc5ccc(-n7c8ccccc8c8ccccc87)cc5-6)ccc3C4)n2)cc1. The summed E-state index contributed by atoms with van der Waals surface area (Å²) in [5, 5.41) is 2.57. The zero-order valence-corrected chi connectivity index (χ0v) is 31.2. The fourth-order valence-corrected chi connectivity index (χ4v) is 9.38. The van der Waals surface area contributed by atoms with Crippen molar-refractivity contribution in [2.75, 3.05) is 0 Å². The Morgan fingerprint density at radius 3 is 1.67 bits per heavy atom. The van der Waals surface area contributed by atoms with Crippen LogP contribution < -0.4 is 0 Å². The normalized spacial score (nSPS) is 12.4. The van der Waals surface area contributed by atoms with Crippen molar-refractivity contribution < 1.29 is 0 Å². The van der Waals surface area contributed by atoms with Crippen molar-refractivity contribution in [3.05, 3.63) is 210 Å². The predicted octanol–water partition coefficient (Wildman–Crippen LogP) is 13.4. The van der Waals surface area contributed by atoms with Crippen molar-refractivity contribution in [2.24, 2.45) is 0 Å². The zero-order chi connectivity index (χ0) is 37.5.